The van der Waals surface area contributed by atoms with Crippen molar-refractivity contribution in [2.75, 3.05) is 13.6 Å². The zero-order valence-electron chi connectivity index (χ0n) is 11.9. The highest BCUT2D eigenvalue weighted by molar-refractivity contribution is 5.82. The molecule has 3 heteroatoms. The Morgan fingerprint density at radius 1 is 1.35 bits per heavy atom. The van der Waals surface area contributed by atoms with Gasteiger partial charge in [0, 0.05) is 23.6 Å². The van der Waals surface area contributed by atoms with E-state index in [9.17, 15) is 4.79 Å². The van der Waals surface area contributed by atoms with Crippen LogP contribution in [0.1, 0.15) is 41.0 Å². The number of carbonyl (C=O) groups excluding carboxylic acids is 1. The molecule has 98 valence electrons. The van der Waals surface area contributed by atoms with Crippen molar-refractivity contribution in [3.8, 4) is 0 Å². The van der Waals surface area contributed by atoms with E-state index in [1.165, 1.54) is 6.08 Å². The summed E-state index contributed by atoms with van der Waals surface area (Å²) in [5.41, 5.74) is -0.0383. The van der Waals surface area contributed by atoms with Crippen LogP contribution in [-0.4, -0.2) is 36.1 Å². The molecule has 1 heterocycles. The molecule has 0 amide bonds. The summed E-state index contributed by atoms with van der Waals surface area (Å²) in [6, 6.07) is 0. The van der Waals surface area contributed by atoms with Crippen molar-refractivity contribution in [2.45, 2.75) is 52.7 Å². The molecule has 0 aliphatic carbocycles. The Bertz CT molecular complexity index is 318. The van der Waals surface area contributed by atoms with Crippen LogP contribution in [0.4, 0.5) is 0 Å². The van der Waals surface area contributed by atoms with Gasteiger partial charge in [0.2, 0.25) is 0 Å². The normalized spacial score (nSPS) is 28.2. The highest BCUT2D eigenvalue weighted by Crippen LogP contribution is 2.44. The van der Waals surface area contributed by atoms with E-state index < -0.39 is 0 Å². The lowest BCUT2D eigenvalue weighted by Gasteiger charge is -2.55. The third-order valence-electron chi connectivity index (χ3n) is 4.62. The monoisotopic (exact) mass is 239 g/mol. The number of ether oxygens (including phenoxy) is 1. The van der Waals surface area contributed by atoms with Crippen LogP contribution in [0, 0.1) is 5.41 Å². The summed E-state index contributed by atoms with van der Waals surface area (Å²) in [7, 11) is 2.13. The van der Waals surface area contributed by atoms with E-state index in [4.69, 9.17) is 4.74 Å². The third-order valence-corrected chi connectivity index (χ3v) is 4.62. The molecule has 1 unspecified atom stereocenters. The summed E-state index contributed by atoms with van der Waals surface area (Å²) in [6.07, 6.45) is 4.09. The molecule has 1 atom stereocenters. The number of carbonyl (C=O) groups is 1. The van der Waals surface area contributed by atoms with Gasteiger partial charge in [-0.2, -0.15) is 0 Å². The lowest BCUT2D eigenvalue weighted by Crippen LogP contribution is -2.62. The molecule has 1 fully saturated rings. The summed E-state index contributed by atoms with van der Waals surface area (Å²) < 4.78 is 5.58. The van der Waals surface area contributed by atoms with E-state index in [-0.39, 0.29) is 23.0 Å². The van der Waals surface area contributed by atoms with E-state index >= 15 is 0 Å². The zero-order chi connectivity index (χ0) is 13.3. The second-order valence-corrected chi connectivity index (χ2v) is 5.92. The van der Waals surface area contributed by atoms with Gasteiger partial charge in [0.15, 0.2) is 0 Å². The first-order chi connectivity index (χ1) is 7.73. The Morgan fingerprint density at radius 2 is 1.94 bits per heavy atom. The van der Waals surface area contributed by atoms with Crippen molar-refractivity contribution in [3.05, 3.63) is 12.2 Å². The minimum atomic E-state index is -0.231. The fraction of sp³-hybridized carbons (Fsp3) is 0.786. The number of allylic oxidation sites excluding steroid dienone is 1. The smallest absolute Gasteiger partial charge is 0.330 e. The van der Waals surface area contributed by atoms with Gasteiger partial charge in [0.05, 0.1) is 0 Å². The van der Waals surface area contributed by atoms with E-state index in [0.717, 1.165) is 13.0 Å². The maximum atomic E-state index is 11.6. The van der Waals surface area contributed by atoms with Crippen LogP contribution in [0.15, 0.2) is 12.2 Å². The molecule has 3 nitrogen and oxygen atoms in total. The molecule has 0 spiro atoms. The Balaban J connectivity index is 2.85. The molecule has 0 aromatic rings. The van der Waals surface area contributed by atoms with Gasteiger partial charge in [0.1, 0.15) is 6.10 Å². The second-order valence-electron chi connectivity index (χ2n) is 5.92. The molecule has 1 saturated heterocycles. The Morgan fingerprint density at radius 3 is 2.47 bits per heavy atom. The first-order valence-corrected chi connectivity index (χ1v) is 6.28. The summed E-state index contributed by atoms with van der Waals surface area (Å²) in [5, 5.41) is 0. The molecule has 1 aliphatic heterocycles. The first-order valence-electron chi connectivity index (χ1n) is 6.28. The van der Waals surface area contributed by atoms with Crippen LogP contribution in [0.2, 0.25) is 0 Å². The number of rotatable bonds is 2. The average molecular weight is 239 g/mol. The minimum Gasteiger partial charge on any atom is -0.459 e. The fourth-order valence-corrected chi connectivity index (χ4v) is 2.36. The van der Waals surface area contributed by atoms with E-state index in [0.29, 0.717) is 0 Å². The lowest BCUT2D eigenvalue weighted by molar-refractivity contribution is -0.166. The molecule has 0 radical (unpaired) electrons. The van der Waals surface area contributed by atoms with Gasteiger partial charge in [-0.25, -0.2) is 4.79 Å². The van der Waals surface area contributed by atoms with Crippen molar-refractivity contribution >= 4 is 5.97 Å². The fourth-order valence-electron chi connectivity index (χ4n) is 2.36. The van der Waals surface area contributed by atoms with E-state index in [2.05, 4.69) is 39.6 Å². The van der Waals surface area contributed by atoms with Crippen LogP contribution in [0.5, 0.6) is 0 Å². The number of piperidine rings is 1. The van der Waals surface area contributed by atoms with Gasteiger partial charge in [-0.3, -0.25) is 0 Å². The molecule has 0 bridgehead atoms. The quantitative estimate of drug-likeness (QED) is 0.548. The molecule has 0 N–H and O–H groups in total. The van der Waals surface area contributed by atoms with Crippen LogP contribution in [0.25, 0.3) is 0 Å². The van der Waals surface area contributed by atoms with Crippen molar-refractivity contribution in [1.29, 1.82) is 0 Å². The van der Waals surface area contributed by atoms with Crippen LogP contribution < -0.4 is 0 Å². The molecule has 1 rings (SSSR count). The summed E-state index contributed by atoms with van der Waals surface area (Å²) in [6.45, 7) is 11.6. The van der Waals surface area contributed by atoms with E-state index in [1.807, 2.05) is 6.92 Å². The second kappa shape index (κ2) is 4.81. The SMILES string of the molecule is CC=CC(=O)OC1CCN(C)C(C)(C)C1(C)C. The third kappa shape index (κ3) is 2.54. The van der Waals surface area contributed by atoms with Crippen molar-refractivity contribution in [2.24, 2.45) is 5.41 Å². The molecule has 0 saturated carbocycles. The van der Waals surface area contributed by atoms with Crippen LogP contribution in [0.3, 0.4) is 0 Å². The largest absolute Gasteiger partial charge is 0.459 e. The summed E-state index contributed by atoms with van der Waals surface area (Å²) in [5.74, 6) is -0.231. The standard InChI is InChI=1S/C14H25NO2/c1-7-8-12(16)17-11-9-10-15(6)14(4,5)13(11,2)3/h7-8,11H,9-10H2,1-6H3. The highest BCUT2D eigenvalue weighted by atomic mass is 16.5. The molecular formula is C14H25NO2. The van der Waals surface area contributed by atoms with Gasteiger partial charge < -0.3 is 9.64 Å². The minimum absolute atomic E-state index is 0.0163. The molecular weight excluding hydrogens is 214 g/mol. The van der Waals surface area contributed by atoms with Crippen LogP contribution in [-0.2, 0) is 9.53 Å². The number of hydrogen-bond donors (Lipinski definition) is 0. The molecule has 0 aromatic heterocycles. The van der Waals surface area contributed by atoms with Crippen molar-refractivity contribution < 1.29 is 9.53 Å². The predicted molar refractivity (Wildman–Crippen MR) is 69.8 cm³/mol. The van der Waals surface area contributed by atoms with E-state index in [1.54, 1.807) is 6.08 Å². The Kier molecular flexibility index (Phi) is 4.03. The number of hydrogen-bond acceptors (Lipinski definition) is 3. The molecule has 1 aliphatic rings. The average Bonchev–Trinajstić information content (AvgIpc) is 2.21. The maximum Gasteiger partial charge on any atom is 0.330 e. The van der Waals surface area contributed by atoms with Crippen LogP contribution >= 0.6 is 0 Å². The van der Waals surface area contributed by atoms with Gasteiger partial charge in [-0.05, 0) is 34.2 Å². The highest BCUT2D eigenvalue weighted by Gasteiger charge is 2.50. The van der Waals surface area contributed by atoms with Crippen molar-refractivity contribution in [1.82, 2.24) is 4.90 Å². The predicted octanol–water partition coefficient (Wildman–Crippen LogP) is 2.61. The number of nitrogens with zero attached hydrogens (tertiary/aromatic N) is 1. The summed E-state index contributed by atoms with van der Waals surface area (Å²) >= 11 is 0. The topological polar surface area (TPSA) is 29.5 Å². The van der Waals surface area contributed by atoms with Gasteiger partial charge in [-0.1, -0.05) is 19.9 Å². The zero-order valence-corrected chi connectivity index (χ0v) is 11.9. The number of esters is 1. The summed E-state index contributed by atoms with van der Waals surface area (Å²) in [4.78, 5) is 13.9. The molecule has 17 heavy (non-hydrogen) atoms. The molecule has 0 aromatic carbocycles. The van der Waals surface area contributed by atoms with Gasteiger partial charge in [0.25, 0.3) is 0 Å². The van der Waals surface area contributed by atoms with Gasteiger partial charge in [-0.15, -0.1) is 0 Å². The number of likely N-dealkylation sites (tertiary alicyclic amines) is 1. The van der Waals surface area contributed by atoms with Gasteiger partial charge >= 0.3 is 5.97 Å². The lowest BCUT2D eigenvalue weighted by atomic mass is 9.66. The first kappa shape index (κ1) is 14.2. The Labute approximate surface area is 105 Å². The maximum absolute atomic E-state index is 11.6. The Hall–Kier alpha value is -0.830. The van der Waals surface area contributed by atoms with Crippen molar-refractivity contribution in [3.63, 3.8) is 0 Å².